The van der Waals surface area contributed by atoms with Crippen molar-refractivity contribution in [2.24, 2.45) is 0 Å². The molecule has 1 aromatic heterocycles. The van der Waals surface area contributed by atoms with Gasteiger partial charge in [0.1, 0.15) is 17.1 Å². The van der Waals surface area contributed by atoms with Crippen LogP contribution in [0.1, 0.15) is 65.2 Å². The maximum absolute atomic E-state index is 14.3. The number of carbonyl (C=O) groups excluding carboxylic acids is 1. The number of benzene rings is 2. The van der Waals surface area contributed by atoms with Gasteiger partial charge in [-0.05, 0) is 74.5 Å². The van der Waals surface area contributed by atoms with Crippen molar-refractivity contribution in [3.05, 3.63) is 64.3 Å². The molecular formula is C35H45F3N7O5P. The largest absolute Gasteiger partial charge is 0.495 e. The number of carbonyl (C=O) groups is 1. The van der Waals surface area contributed by atoms with Crippen LogP contribution in [0.2, 0.25) is 0 Å². The first kappa shape index (κ1) is 37.0. The fourth-order valence-corrected chi connectivity index (χ4v) is 8.76. The molecule has 12 nitrogen and oxygen atoms in total. The molecule has 2 N–H and O–H groups in total. The predicted octanol–water partition coefficient (Wildman–Crippen LogP) is 6.84. The summed E-state index contributed by atoms with van der Waals surface area (Å²) in [6.45, 7) is 8.44. The van der Waals surface area contributed by atoms with Crippen LogP contribution in [0.3, 0.4) is 0 Å². The van der Waals surface area contributed by atoms with Crippen LogP contribution in [0.25, 0.3) is 0 Å². The van der Waals surface area contributed by atoms with Gasteiger partial charge in [-0.1, -0.05) is 12.1 Å². The summed E-state index contributed by atoms with van der Waals surface area (Å²) in [5.74, 6) is -0.289. The van der Waals surface area contributed by atoms with E-state index in [9.17, 15) is 22.5 Å². The zero-order valence-corrected chi connectivity index (χ0v) is 30.4. The third-order valence-corrected chi connectivity index (χ3v) is 11.9. The average Bonchev–Trinajstić information content (AvgIpc) is 3.36. The highest BCUT2D eigenvalue weighted by molar-refractivity contribution is 7.53. The Bertz CT molecular complexity index is 1790. The summed E-state index contributed by atoms with van der Waals surface area (Å²) in [5, 5.41) is 5.79. The molecular weight excluding hydrogens is 686 g/mol. The maximum Gasteiger partial charge on any atom is 0.421 e. The molecule has 0 bridgehead atoms. The number of fused-ring (bicyclic) bond motifs is 1. The lowest BCUT2D eigenvalue weighted by Crippen LogP contribution is -2.52. The molecule has 51 heavy (non-hydrogen) atoms. The molecule has 0 spiro atoms. The number of halogens is 3. The van der Waals surface area contributed by atoms with Crippen molar-refractivity contribution in [2.75, 3.05) is 71.2 Å². The Morgan fingerprint density at radius 2 is 1.67 bits per heavy atom. The van der Waals surface area contributed by atoms with Crippen molar-refractivity contribution >= 4 is 36.6 Å². The van der Waals surface area contributed by atoms with Gasteiger partial charge >= 0.3 is 13.8 Å². The molecule has 2 fully saturated rings. The van der Waals surface area contributed by atoms with Crippen molar-refractivity contribution < 1.29 is 36.3 Å². The molecule has 6 rings (SSSR count). The number of rotatable bonds is 13. The van der Waals surface area contributed by atoms with E-state index in [4.69, 9.17) is 13.8 Å². The van der Waals surface area contributed by atoms with E-state index < -0.39 is 25.2 Å². The van der Waals surface area contributed by atoms with Crippen LogP contribution in [0.15, 0.2) is 36.5 Å². The first-order valence-corrected chi connectivity index (χ1v) is 18.9. The molecule has 0 atom stereocenters. The minimum Gasteiger partial charge on any atom is -0.495 e. The zero-order chi connectivity index (χ0) is 36.5. The minimum absolute atomic E-state index is 0.00474. The van der Waals surface area contributed by atoms with Crippen molar-refractivity contribution in [1.82, 2.24) is 24.7 Å². The van der Waals surface area contributed by atoms with Crippen molar-refractivity contribution in [3.8, 4) is 5.75 Å². The van der Waals surface area contributed by atoms with Crippen LogP contribution < -0.4 is 15.4 Å². The van der Waals surface area contributed by atoms with E-state index in [1.807, 2.05) is 6.07 Å². The number of hydrogen-bond acceptors (Lipinski definition) is 11. The molecule has 1 amide bonds. The highest BCUT2D eigenvalue weighted by atomic mass is 31.2. The van der Waals surface area contributed by atoms with Gasteiger partial charge in [0.05, 0.1) is 43.4 Å². The summed E-state index contributed by atoms with van der Waals surface area (Å²) >= 11 is 0. The van der Waals surface area contributed by atoms with Crippen LogP contribution in [0.5, 0.6) is 5.75 Å². The third kappa shape index (κ3) is 8.02. The number of aromatic nitrogens is 2. The molecule has 3 aromatic rings. The number of nitrogens with one attached hydrogen (secondary N) is 2. The molecule has 2 aromatic carbocycles. The van der Waals surface area contributed by atoms with Crippen LogP contribution in [-0.2, 0) is 32.5 Å². The minimum atomic E-state index is -4.77. The fourth-order valence-electron chi connectivity index (χ4n) is 7.07. The van der Waals surface area contributed by atoms with Crippen molar-refractivity contribution in [1.29, 1.82) is 0 Å². The number of nitrogens with zero attached hydrogens (tertiary/aromatic N) is 5. The first-order valence-electron chi connectivity index (χ1n) is 17.2. The summed E-state index contributed by atoms with van der Waals surface area (Å²) in [6, 6.07) is 9.07. The highest BCUT2D eigenvalue weighted by Gasteiger charge is 2.40. The number of ether oxygens (including phenoxy) is 1. The number of hydrogen-bond donors (Lipinski definition) is 2. The van der Waals surface area contributed by atoms with Gasteiger partial charge in [0, 0.05) is 52.0 Å². The summed E-state index contributed by atoms with van der Waals surface area (Å²) < 4.78 is 72.2. The molecule has 1 aliphatic carbocycles. The lowest BCUT2D eigenvalue weighted by Gasteiger charge is -2.46. The third-order valence-electron chi connectivity index (χ3n) is 9.80. The summed E-state index contributed by atoms with van der Waals surface area (Å²) in [6.07, 6.45) is -2.09. The van der Waals surface area contributed by atoms with Gasteiger partial charge in [0.25, 0.3) is 5.91 Å². The van der Waals surface area contributed by atoms with Crippen LogP contribution in [0, 0.1) is 0 Å². The van der Waals surface area contributed by atoms with E-state index in [1.165, 1.54) is 7.11 Å². The van der Waals surface area contributed by atoms with E-state index >= 15 is 0 Å². The lowest BCUT2D eigenvalue weighted by molar-refractivity contribution is -0.137. The number of anilines is 4. The Morgan fingerprint density at radius 1 is 0.980 bits per heavy atom. The Morgan fingerprint density at radius 3 is 2.31 bits per heavy atom. The molecule has 16 heteroatoms. The smallest absolute Gasteiger partial charge is 0.421 e. The van der Waals surface area contributed by atoms with Crippen molar-refractivity contribution in [3.63, 3.8) is 0 Å². The number of methoxy groups -OCH3 is 1. The number of likely N-dealkylation sites (N-methyl/N-ethyl adjacent to an activating group) is 1. The van der Waals surface area contributed by atoms with Gasteiger partial charge in [-0.3, -0.25) is 14.3 Å². The van der Waals surface area contributed by atoms with E-state index in [-0.39, 0.29) is 42.8 Å². The first-order chi connectivity index (χ1) is 24.3. The normalized spacial score (nSPS) is 19.9. The molecule has 1 saturated carbocycles. The second kappa shape index (κ2) is 15.1. The van der Waals surface area contributed by atoms with Crippen LogP contribution in [-0.4, -0.2) is 97.2 Å². The Labute approximate surface area is 296 Å². The zero-order valence-electron chi connectivity index (χ0n) is 29.5. The molecule has 3 aliphatic rings. The van der Waals surface area contributed by atoms with E-state index in [2.05, 4.69) is 37.4 Å². The quantitative estimate of drug-likeness (QED) is 0.180. The molecule has 2 aliphatic heterocycles. The number of alkyl halides is 3. The predicted molar refractivity (Wildman–Crippen MR) is 188 cm³/mol. The number of amides is 1. The fraction of sp³-hybridized carbons (Fsp3) is 0.514. The summed E-state index contributed by atoms with van der Waals surface area (Å²) in [4.78, 5) is 28.1. The molecule has 0 radical (unpaired) electrons. The number of piperazine rings is 1. The second-order valence-electron chi connectivity index (χ2n) is 13.2. The standard InChI is InChI=1S/C35H45F3N7O5P/c1-6-49-51(47,50-7-2)21-22-8-10-28(30(16-22)48-5)41-34-39-19-27(35(36,37)38)32(42-34)40-29-11-9-25(26-20-44(4)33(46)31(26)29)23-17-24(18-23)45-14-12-43(3)13-15-45/h8-11,16,19,23-24H,6-7,12-15,17-18,20-21H2,1-5H3,(H2,39,40,41,42). The Kier molecular flexibility index (Phi) is 10.9. The summed E-state index contributed by atoms with van der Waals surface area (Å²) in [7, 11) is 1.87. The second-order valence-corrected chi connectivity index (χ2v) is 15.3. The van der Waals surface area contributed by atoms with Crippen LogP contribution in [0.4, 0.5) is 36.3 Å². The Hall–Kier alpha value is -3.75. The molecule has 1 saturated heterocycles. The monoisotopic (exact) mass is 731 g/mol. The van der Waals surface area contributed by atoms with E-state index in [1.54, 1.807) is 50.1 Å². The van der Waals surface area contributed by atoms with Gasteiger partial charge in [-0.2, -0.15) is 18.2 Å². The SMILES string of the molecule is CCOP(=O)(Cc1ccc(Nc2ncc(C(F)(F)F)c(Nc3ccc(C4CC(N5CCN(C)CC5)C4)c4c3C(=O)N(C)C4)n2)c(OC)c1)OCC. The van der Waals surface area contributed by atoms with Crippen LogP contribution >= 0.6 is 7.60 Å². The van der Waals surface area contributed by atoms with Gasteiger partial charge in [-0.15, -0.1) is 0 Å². The molecule has 0 unspecified atom stereocenters. The summed E-state index contributed by atoms with van der Waals surface area (Å²) in [5.41, 5.74) is 2.45. The van der Waals surface area contributed by atoms with Crippen molar-refractivity contribution in [2.45, 2.75) is 57.5 Å². The molecule has 3 heterocycles. The highest BCUT2D eigenvalue weighted by Crippen LogP contribution is 2.52. The van der Waals surface area contributed by atoms with E-state index in [0.29, 0.717) is 41.3 Å². The van der Waals surface area contributed by atoms with E-state index in [0.717, 1.165) is 50.1 Å². The van der Waals surface area contributed by atoms with Gasteiger partial charge in [0.2, 0.25) is 5.95 Å². The van der Waals surface area contributed by atoms with Gasteiger partial charge in [0.15, 0.2) is 0 Å². The van der Waals surface area contributed by atoms with Gasteiger partial charge < -0.3 is 34.2 Å². The molecule has 276 valence electrons. The topological polar surface area (TPSA) is 121 Å². The Balaban J connectivity index is 1.25. The van der Waals surface area contributed by atoms with Gasteiger partial charge in [-0.25, -0.2) is 4.98 Å². The maximum atomic E-state index is 14.3. The average molecular weight is 732 g/mol. The lowest BCUT2D eigenvalue weighted by atomic mass is 9.73.